The van der Waals surface area contributed by atoms with E-state index in [-0.39, 0.29) is 28.9 Å². The van der Waals surface area contributed by atoms with E-state index >= 15 is 4.39 Å². The molecule has 4 aromatic carbocycles. The molecule has 2 aliphatic heterocycles. The van der Waals surface area contributed by atoms with Crippen molar-refractivity contribution in [2.75, 3.05) is 44.7 Å². The lowest BCUT2D eigenvalue weighted by molar-refractivity contribution is 0.0378. The van der Waals surface area contributed by atoms with Gasteiger partial charge in [0.15, 0.2) is 17.3 Å². The molecule has 1 amide bonds. The van der Waals surface area contributed by atoms with E-state index in [2.05, 4.69) is 15.5 Å². The van der Waals surface area contributed by atoms with Crippen molar-refractivity contribution in [3.8, 4) is 17.2 Å². The number of nitrogens with one attached hydrogen (secondary N) is 2. The maximum absolute atomic E-state index is 15.9. The number of aromatic nitrogens is 1. The molecule has 9 nitrogen and oxygen atoms in total. The van der Waals surface area contributed by atoms with Crippen molar-refractivity contribution in [1.29, 1.82) is 0 Å². The van der Waals surface area contributed by atoms with Crippen molar-refractivity contribution < 1.29 is 23.1 Å². The normalized spacial score (nSPS) is 14.4. The molecular weight excluding hydrogens is 587 g/mol. The van der Waals surface area contributed by atoms with Crippen LogP contribution >= 0.6 is 0 Å². The second-order valence-electron chi connectivity index (χ2n) is 11.6. The average molecular weight is 619 g/mol. The number of nitrogens with zero attached hydrogens (tertiary/aromatic N) is 2. The molecule has 2 N–H and O–H groups in total. The third-order valence-corrected chi connectivity index (χ3v) is 8.72. The Labute approximate surface area is 263 Å². The Bertz CT molecular complexity index is 2190. The third kappa shape index (κ3) is 4.96. The van der Waals surface area contributed by atoms with Gasteiger partial charge in [0.2, 0.25) is 5.43 Å². The molecule has 0 bridgehead atoms. The minimum atomic E-state index is -0.627. The van der Waals surface area contributed by atoms with Gasteiger partial charge in [-0.15, -0.1) is 0 Å². The number of hydrogen-bond acceptors (Lipinski definition) is 7. The van der Waals surface area contributed by atoms with Crippen LogP contribution in [0.5, 0.6) is 11.5 Å². The third-order valence-electron chi connectivity index (χ3n) is 8.72. The summed E-state index contributed by atoms with van der Waals surface area (Å²) in [7, 11) is 0. The summed E-state index contributed by atoms with van der Waals surface area (Å²) in [5.74, 6) is -0.522. The van der Waals surface area contributed by atoms with Crippen LogP contribution < -0.4 is 20.8 Å². The zero-order chi connectivity index (χ0) is 31.2. The van der Waals surface area contributed by atoms with Gasteiger partial charge < -0.3 is 29.1 Å². The lowest BCUT2D eigenvalue weighted by atomic mass is 10.0. The van der Waals surface area contributed by atoms with Crippen LogP contribution in [0.15, 0.2) is 88.2 Å². The number of rotatable bonds is 8. The fourth-order valence-corrected chi connectivity index (χ4v) is 6.38. The van der Waals surface area contributed by atoms with Crippen LogP contribution in [0.25, 0.3) is 38.5 Å². The van der Waals surface area contributed by atoms with Crippen LogP contribution in [0.1, 0.15) is 22.3 Å². The number of carbonyl (C=O) groups excluding carboxylic acids is 1. The first-order chi connectivity index (χ1) is 22.5. The zero-order valence-electron chi connectivity index (χ0n) is 25.0. The Balaban J connectivity index is 1.23. The van der Waals surface area contributed by atoms with Crippen LogP contribution in [0.4, 0.5) is 10.1 Å². The number of furan rings is 1. The number of pyridine rings is 1. The molecule has 1 saturated heterocycles. The first kappa shape index (κ1) is 28.3. The molecule has 1 fully saturated rings. The van der Waals surface area contributed by atoms with Gasteiger partial charge in [0.1, 0.15) is 27.9 Å². The molecule has 0 unspecified atom stereocenters. The summed E-state index contributed by atoms with van der Waals surface area (Å²) in [6.07, 6.45) is 2.30. The summed E-state index contributed by atoms with van der Waals surface area (Å²) in [5, 5.41) is 7.89. The maximum Gasteiger partial charge on any atom is 0.257 e. The van der Waals surface area contributed by atoms with E-state index in [4.69, 9.17) is 13.9 Å². The number of carbonyl (C=O) groups is 1. The maximum atomic E-state index is 15.9. The molecule has 8 rings (SSSR count). The summed E-state index contributed by atoms with van der Waals surface area (Å²) < 4.78 is 35.7. The van der Waals surface area contributed by atoms with Gasteiger partial charge in [0.25, 0.3) is 5.91 Å². The highest BCUT2D eigenvalue weighted by Gasteiger charge is 2.29. The molecule has 2 aromatic heterocycles. The zero-order valence-corrected chi connectivity index (χ0v) is 25.0. The number of halogens is 1. The van der Waals surface area contributed by atoms with E-state index in [1.807, 2.05) is 66.7 Å². The molecule has 0 radical (unpaired) electrons. The second kappa shape index (κ2) is 11.6. The first-order valence-corrected chi connectivity index (χ1v) is 15.5. The second-order valence-corrected chi connectivity index (χ2v) is 11.6. The van der Waals surface area contributed by atoms with Gasteiger partial charge in [-0.1, -0.05) is 48.5 Å². The van der Waals surface area contributed by atoms with Crippen LogP contribution in [0.2, 0.25) is 0 Å². The fourth-order valence-electron chi connectivity index (χ4n) is 6.38. The average Bonchev–Trinajstić information content (AvgIpc) is 3.45. The summed E-state index contributed by atoms with van der Waals surface area (Å²) in [4.78, 5) is 29.6. The number of fused-ring (bicyclic) bond motifs is 5. The van der Waals surface area contributed by atoms with E-state index in [0.29, 0.717) is 42.3 Å². The van der Waals surface area contributed by atoms with Crippen LogP contribution in [-0.4, -0.2) is 54.8 Å². The smallest absolute Gasteiger partial charge is 0.257 e. The predicted octanol–water partition coefficient (Wildman–Crippen LogP) is 6.20. The molecule has 10 heteroatoms. The Morgan fingerprint density at radius 2 is 1.72 bits per heavy atom. The number of ether oxygens (including phenoxy) is 2. The summed E-state index contributed by atoms with van der Waals surface area (Å²) >= 11 is 0. The number of benzene rings is 4. The van der Waals surface area contributed by atoms with Gasteiger partial charge in [-0.3, -0.25) is 14.5 Å². The molecule has 0 atom stereocenters. The molecule has 6 aromatic rings. The summed E-state index contributed by atoms with van der Waals surface area (Å²) in [6.45, 7) is 4.77. The predicted molar refractivity (Wildman–Crippen MR) is 175 cm³/mol. The highest BCUT2D eigenvalue weighted by molar-refractivity contribution is 6.07. The minimum Gasteiger partial charge on any atom is -0.456 e. The van der Waals surface area contributed by atoms with Gasteiger partial charge in [-0.2, -0.15) is 0 Å². The van der Waals surface area contributed by atoms with E-state index in [0.717, 1.165) is 48.0 Å². The molecule has 4 heterocycles. The Kier molecular flexibility index (Phi) is 7.15. The topological polar surface area (TPSA) is 98.0 Å². The van der Waals surface area contributed by atoms with Gasteiger partial charge >= 0.3 is 0 Å². The standard InChI is InChI=1S/C36H31FN4O5/c37-27-17-25-33-35(32(27)38-11-6-12-40-13-15-44-16-14-40)46-31-18-24-23-9-4-5-10-29(23)45-30(24)19-28(31)41(33)21-26(34(25)42)36(43)39-20-22-7-2-1-3-8-22/h1-5,7-10,17-19,21,38H,6,11-16,20H2,(H,39,43). The number of para-hydroxylation sites is 1. The lowest BCUT2D eigenvalue weighted by Gasteiger charge is -2.27. The van der Waals surface area contributed by atoms with Crippen molar-refractivity contribution in [3.63, 3.8) is 0 Å². The summed E-state index contributed by atoms with van der Waals surface area (Å²) in [6, 6.07) is 22.0. The Morgan fingerprint density at radius 3 is 2.57 bits per heavy atom. The van der Waals surface area contributed by atoms with E-state index in [9.17, 15) is 9.59 Å². The van der Waals surface area contributed by atoms with E-state index < -0.39 is 17.2 Å². The van der Waals surface area contributed by atoms with Gasteiger partial charge in [-0.05, 0) is 36.7 Å². The fraction of sp³-hybridized carbons (Fsp3) is 0.222. The van der Waals surface area contributed by atoms with Gasteiger partial charge in [0, 0.05) is 49.2 Å². The Hall–Kier alpha value is -5.19. The van der Waals surface area contributed by atoms with Crippen molar-refractivity contribution >= 4 is 44.4 Å². The molecule has 0 saturated carbocycles. The SMILES string of the molecule is O=C(NCc1ccccc1)c1cn2c3c(c(NCCCN4CCOCC4)c(F)cc3c1=O)Oc1cc3c(cc1-2)oc1ccccc13. The van der Waals surface area contributed by atoms with Crippen LogP contribution in [0.3, 0.4) is 0 Å². The molecule has 2 aliphatic rings. The quantitative estimate of drug-likeness (QED) is 0.196. The van der Waals surface area contributed by atoms with Crippen molar-refractivity contribution in [2.24, 2.45) is 0 Å². The lowest BCUT2D eigenvalue weighted by Crippen LogP contribution is -2.37. The van der Waals surface area contributed by atoms with Gasteiger partial charge in [0.05, 0.1) is 24.3 Å². The molecule has 46 heavy (non-hydrogen) atoms. The van der Waals surface area contributed by atoms with Gasteiger partial charge in [-0.25, -0.2) is 4.39 Å². The molecular formula is C36H31FN4O5. The highest BCUT2D eigenvalue weighted by Crippen LogP contribution is 2.47. The monoisotopic (exact) mass is 618 g/mol. The number of anilines is 1. The van der Waals surface area contributed by atoms with Crippen molar-refractivity contribution in [3.05, 3.63) is 106 Å². The van der Waals surface area contributed by atoms with Crippen molar-refractivity contribution in [1.82, 2.24) is 14.8 Å². The molecule has 232 valence electrons. The molecule has 0 aliphatic carbocycles. The van der Waals surface area contributed by atoms with Crippen LogP contribution in [-0.2, 0) is 11.3 Å². The van der Waals surface area contributed by atoms with Crippen LogP contribution in [0, 0.1) is 5.82 Å². The number of hydrogen-bond donors (Lipinski definition) is 2. The number of amides is 1. The van der Waals surface area contributed by atoms with Crippen molar-refractivity contribution in [2.45, 2.75) is 13.0 Å². The minimum absolute atomic E-state index is 0.0501. The first-order valence-electron chi connectivity index (χ1n) is 15.5. The summed E-state index contributed by atoms with van der Waals surface area (Å²) in [5.41, 5.74) is 2.68. The largest absolute Gasteiger partial charge is 0.456 e. The molecule has 0 spiro atoms. The highest BCUT2D eigenvalue weighted by atomic mass is 19.1. The Morgan fingerprint density at radius 1 is 0.913 bits per heavy atom. The van der Waals surface area contributed by atoms with E-state index in [1.165, 1.54) is 12.3 Å². The number of morpholine rings is 1. The van der Waals surface area contributed by atoms with E-state index in [1.54, 1.807) is 4.57 Å².